The maximum absolute atomic E-state index is 11.8. The van der Waals surface area contributed by atoms with Gasteiger partial charge in [0.15, 0.2) is 0 Å². The molecule has 0 heterocycles. The molecule has 0 saturated heterocycles. The van der Waals surface area contributed by atoms with E-state index in [4.69, 9.17) is 17.3 Å². The first-order valence-corrected chi connectivity index (χ1v) is 7.99. The summed E-state index contributed by atoms with van der Waals surface area (Å²) < 4.78 is 0. The molecule has 0 radical (unpaired) electrons. The number of hydrogen-bond donors (Lipinski definition) is 2. The van der Waals surface area contributed by atoms with Crippen molar-refractivity contribution in [3.63, 3.8) is 0 Å². The van der Waals surface area contributed by atoms with Crippen LogP contribution in [0.3, 0.4) is 0 Å². The van der Waals surface area contributed by atoms with Gasteiger partial charge in [-0.15, -0.1) is 11.8 Å². The molecule has 3 N–H and O–H groups in total. The molecule has 0 aromatic heterocycles. The van der Waals surface area contributed by atoms with E-state index in [1.807, 2.05) is 24.3 Å². The molecule has 0 aliphatic heterocycles. The molecule has 2 aromatic rings. The van der Waals surface area contributed by atoms with Gasteiger partial charge in [0.05, 0.1) is 0 Å². The third kappa shape index (κ3) is 5.09. The molecule has 2 aromatic carbocycles. The lowest BCUT2D eigenvalue weighted by atomic mass is 10.2. The van der Waals surface area contributed by atoms with Gasteiger partial charge in [0.25, 0.3) is 0 Å². The van der Waals surface area contributed by atoms with Gasteiger partial charge in [-0.25, -0.2) is 0 Å². The van der Waals surface area contributed by atoms with Crippen LogP contribution in [0.4, 0.5) is 5.69 Å². The van der Waals surface area contributed by atoms with Crippen molar-refractivity contribution in [2.75, 3.05) is 11.1 Å². The number of carbonyl (C=O) groups is 2. The van der Waals surface area contributed by atoms with Crippen LogP contribution >= 0.6 is 23.4 Å². The summed E-state index contributed by atoms with van der Waals surface area (Å²) in [6.07, 6.45) is 0.394. The van der Waals surface area contributed by atoms with E-state index in [1.54, 1.807) is 36.0 Å². The van der Waals surface area contributed by atoms with Gasteiger partial charge in [-0.1, -0.05) is 11.6 Å². The van der Waals surface area contributed by atoms with Crippen molar-refractivity contribution < 1.29 is 9.59 Å². The fourth-order valence-electron chi connectivity index (χ4n) is 1.73. The van der Waals surface area contributed by atoms with Gasteiger partial charge in [-0.05, 0) is 48.5 Å². The Kier molecular flexibility index (Phi) is 5.86. The van der Waals surface area contributed by atoms with Crippen molar-refractivity contribution in [1.29, 1.82) is 0 Å². The van der Waals surface area contributed by atoms with E-state index in [9.17, 15) is 9.59 Å². The second-order valence-corrected chi connectivity index (χ2v) is 6.15. The number of anilines is 1. The minimum Gasteiger partial charge on any atom is -0.366 e. The average Bonchev–Trinajstić information content (AvgIpc) is 2.50. The summed E-state index contributed by atoms with van der Waals surface area (Å²) in [6.45, 7) is 0. The minimum absolute atomic E-state index is 0.0757. The molecule has 22 heavy (non-hydrogen) atoms. The molecule has 0 fully saturated rings. The van der Waals surface area contributed by atoms with Crippen molar-refractivity contribution in [1.82, 2.24) is 0 Å². The van der Waals surface area contributed by atoms with Crippen LogP contribution in [0.1, 0.15) is 16.8 Å². The lowest BCUT2D eigenvalue weighted by molar-refractivity contribution is -0.115. The Labute approximate surface area is 138 Å². The van der Waals surface area contributed by atoms with Gasteiger partial charge in [0.1, 0.15) is 0 Å². The first-order chi connectivity index (χ1) is 10.5. The van der Waals surface area contributed by atoms with Crippen molar-refractivity contribution in [3.8, 4) is 0 Å². The summed E-state index contributed by atoms with van der Waals surface area (Å²) in [6, 6.07) is 14.0. The van der Waals surface area contributed by atoms with Gasteiger partial charge in [0.2, 0.25) is 11.8 Å². The summed E-state index contributed by atoms with van der Waals surface area (Å²) in [4.78, 5) is 23.9. The molecule has 4 nitrogen and oxygen atoms in total. The highest BCUT2D eigenvalue weighted by Gasteiger charge is 2.04. The predicted octanol–water partition coefficient (Wildman–Crippen LogP) is 3.56. The fourth-order valence-corrected chi connectivity index (χ4v) is 2.71. The molecule has 114 valence electrons. The Morgan fingerprint density at radius 1 is 1.05 bits per heavy atom. The Balaban J connectivity index is 1.77. The van der Waals surface area contributed by atoms with E-state index >= 15 is 0 Å². The lowest BCUT2D eigenvalue weighted by Crippen LogP contribution is -2.13. The van der Waals surface area contributed by atoms with Crippen LogP contribution in [-0.4, -0.2) is 17.6 Å². The summed E-state index contributed by atoms with van der Waals surface area (Å²) in [5.74, 6) is 0.109. The fraction of sp³-hybridized carbons (Fsp3) is 0.125. The summed E-state index contributed by atoms with van der Waals surface area (Å²) in [7, 11) is 0. The lowest BCUT2D eigenvalue weighted by Gasteiger charge is -2.06. The quantitative estimate of drug-likeness (QED) is 0.793. The van der Waals surface area contributed by atoms with E-state index in [0.29, 0.717) is 28.4 Å². The van der Waals surface area contributed by atoms with Crippen molar-refractivity contribution in [3.05, 3.63) is 59.1 Å². The first-order valence-electron chi connectivity index (χ1n) is 6.62. The van der Waals surface area contributed by atoms with Crippen molar-refractivity contribution in [2.45, 2.75) is 11.3 Å². The second-order valence-electron chi connectivity index (χ2n) is 4.54. The maximum atomic E-state index is 11.8. The number of hydrogen-bond acceptors (Lipinski definition) is 3. The Hall–Kier alpha value is -1.98. The Bertz CT molecular complexity index is 657. The molecular weight excluding hydrogens is 320 g/mol. The van der Waals surface area contributed by atoms with E-state index in [1.165, 1.54) is 0 Å². The number of carbonyl (C=O) groups excluding carboxylic acids is 2. The van der Waals surface area contributed by atoms with Crippen LogP contribution in [0.2, 0.25) is 5.02 Å². The zero-order chi connectivity index (χ0) is 15.9. The summed E-state index contributed by atoms with van der Waals surface area (Å²) in [5.41, 5.74) is 6.22. The topological polar surface area (TPSA) is 72.2 Å². The van der Waals surface area contributed by atoms with Gasteiger partial charge in [-0.2, -0.15) is 0 Å². The molecule has 6 heteroatoms. The zero-order valence-electron chi connectivity index (χ0n) is 11.7. The molecular formula is C16H15ClN2O2S. The highest BCUT2D eigenvalue weighted by atomic mass is 35.5. The van der Waals surface area contributed by atoms with Gasteiger partial charge < -0.3 is 11.1 Å². The number of nitrogens with two attached hydrogens (primary N) is 1. The number of amides is 2. The van der Waals surface area contributed by atoms with Crippen molar-refractivity contribution >= 4 is 40.9 Å². The highest BCUT2D eigenvalue weighted by molar-refractivity contribution is 7.99. The third-order valence-electron chi connectivity index (χ3n) is 2.86. The molecule has 0 aliphatic carbocycles. The van der Waals surface area contributed by atoms with E-state index < -0.39 is 5.91 Å². The smallest absolute Gasteiger partial charge is 0.248 e. The third-order valence-corrected chi connectivity index (χ3v) is 4.13. The molecule has 0 atom stereocenters. The summed E-state index contributed by atoms with van der Waals surface area (Å²) in [5, 5.41) is 3.47. The van der Waals surface area contributed by atoms with Gasteiger partial charge in [0, 0.05) is 33.3 Å². The second kappa shape index (κ2) is 7.87. The number of benzene rings is 2. The molecule has 0 bridgehead atoms. The van der Waals surface area contributed by atoms with Crippen LogP contribution in [0, 0.1) is 0 Å². The van der Waals surface area contributed by atoms with Crippen molar-refractivity contribution in [2.24, 2.45) is 5.73 Å². The molecule has 0 aliphatic rings. The molecule has 0 saturated carbocycles. The highest BCUT2D eigenvalue weighted by Crippen LogP contribution is 2.21. The normalized spacial score (nSPS) is 10.2. The standard InChI is InChI=1S/C16H15ClN2O2S/c17-12-3-7-14(8-4-12)22-10-9-15(20)19-13-5-1-11(2-6-13)16(18)21/h1-8H,9-10H2,(H2,18,21)(H,19,20). The van der Waals surface area contributed by atoms with E-state index in [0.717, 1.165) is 4.90 Å². The first kappa shape index (κ1) is 16.4. The van der Waals surface area contributed by atoms with Crippen LogP contribution in [0.15, 0.2) is 53.4 Å². The van der Waals surface area contributed by atoms with Crippen LogP contribution in [0.5, 0.6) is 0 Å². The maximum Gasteiger partial charge on any atom is 0.248 e. The van der Waals surface area contributed by atoms with E-state index in [-0.39, 0.29) is 5.91 Å². The monoisotopic (exact) mass is 334 g/mol. The van der Waals surface area contributed by atoms with Gasteiger partial charge >= 0.3 is 0 Å². The number of rotatable bonds is 6. The number of thioether (sulfide) groups is 1. The van der Waals surface area contributed by atoms with Crippen LogP contribution in [0.25, 0.3) is 0 Å². The minimum atomic E-state index is -0.489. The zero-order valence-corrected chi connectivity index (χ0v) is 13.3. The number of nitrogens with one attached hydrogen (secondary N) is 1. The van der Waals surface area contributed by atoms with Crippen LogP contribution < -0.4 is 11.1 Å². The SMILES string of the molecule is NC(=O)c1ccc(NC(=O)CCSc2ccc(Cl)cc2)cc1. The molecule has 0 spiro atoms. The average molecular weight is 335 g/mol. The predicted molar refractivity (Wildman–Crippen MR) is 90.4 cm³/mol. The largest absolute Gasteiger partial charge is 0.366 e. The summed E-state index contributed by atoms with van der Waals surface area (Å²) >= 11 is 7.41. The van der Waals surface area contributed by atoms with E-state index in [2.05, 4.69) is 5.32 Å². The molecule has 2 rings (SSSR count). The number of halogens is 1. The van der Waals surface area contributed by atoms with Crippen LogP contribution in [-0.2, 0) is 4.79 Å². The number of primary amides is 1. The Morgan fingerprint density at radius 2 is 1.68 bits per heavy atom. The molecule has 2 amide bonds. The Morgan fingerprint density at radius 3 is 2.27 bits per heavy atom. The molecule has 0 unspecified atom stereocenters. The van der Waals surface area contributed by atoms with Gasteiger partial charge in [-0.3, -0.25) is 9.59 Å².